The van der Waals surface area contributed by atoms with E-state index < -0.39 is 10.7 Å². The van der Waals surface area contributed by atoms with Gasteiger partial charge >= 0.3 is 5.82 Å². The number of anilines is 2. The number of rotatable bonds is 1. The Labute approximate surface area is 61.2 Å². The number of hydrogen-bond donors (Lipinski definition) is 2. The zero-order chi connectivity index (χ0) is 8.43. The van der Waals surface area contributed by atoms with Gasteiger partial charge in [-0.2, -0.15) is 0 Å². The molecule has 0 amide bonds. The molecule has 1 rings (SSSR count). The van der Waals surface area contributed by atoms with Crippen molar-refractivity contribution >= 4 is 17.5 Å². The maximum absolute atomic E-state index is 10.1. The number of nitrogens with zero attached hydrogens (tertiary/aromatic N) is 3. The molecule has 0 unspecified atom stereocenters. The van der Waals surface area contributed by atoms with E-state index in [4.69, 9.17) is 11.5 Å². The third-order valence-electron chi connectivity index (χ3n) is 0.973. The molecule has 1 aromatic rings. The standard InChI is InChI=1S/C4H5N5O2/c5-2-1-7-3(6)4(8-2)9(10)11/h1H,(H2,5,8)(H2,6,7). The minimum Gasteiger partial charge on any atom is -0.377 e. The molecule has 0 aliphatic carbocycles. The highest BCUT2D eigenvalue weighted by Gasteiger charge is 2.14. The minimum atomic E-state index is -0.737. The van der Waals surface area contributed by atoms with Crippen LogP contribution in [-0.2, 0) is 0 Å². The lowest BCUT2D eigenvalue weighted by molar-refractivity contribution is -0.388. The van der Waals surface area contributed by atoms with Gasteiger partial charge < -0.3 is 21.6 Å². The first-order valence-electron chi connectivity index (χ1n) is 2.63. The van der Waals surface area contributed by atoms with Gasteiger partial charge in [0.2, 0.25) is 5.82 Å². The summed E-state index contributed by atoms with van der Waals surface area (Å²) >= 11 is 0. The molecule has 0 atom stereocenters. The highest BCUT2D eigenvalue weighted by atomic mass is 16.6. The second-order valence-electron chi connectivity index (χ2n) is 1.76. The monoisotopic (exact) mass is 155 g/mol. The molecular weight excluding hydrogens is 150 g/mol. The van der Waals surface area contributed by atoms with Crippen molar-refractivity contribution in [3.05, 3.63) is 16.3 Å². The first kappa shape index (κ1) is 7.19. The van der Waals surface area contributed by atoms with Crippen molar-refractivity contribution in [2.75, 3.05) is 11.5 Å². The Bertz CT molecular complexity index is 299. The molecule has 0 radical (unpaired) electrons. The van der Waals surface area contributed by atoms with Gasteiger partial charge in [-0.3, -0.25) is 0 Å². The van der Waals surface area contributed by atoms with Crippen molar-refractivity contribution in [1.82, 2.24) is 9.97 Å². The van der Waals surface area contributed by atoms with Gasteiger partial charge in [-0.05, 0) is 9.91 Å². The van der Waals surface area contributed by atoms with Crippen molar-refractivity contribution in [1.29, 1.82) is 0 Å². The van der Waals surface area contributed by atoms with Crippen LogP contribution in [0, 0.1) is 10.1 Å². The summed E-state index contributed by atoms with van der Waals surface area (Å²) in [6.07, 6.45) is 1.16. The molecule has 1 heterocycles. The van der Waals surface area contributed by atoms with Crippen LogP contribution in [0.25, 0.3) is 0 Å². The lowest BCUT2D eigenvalue weighted by Gasteiger charge is -1.94. The van der Waals surface area contributed by atoms with Gasteiger partial charge in [-0.15, -0.1) is 0 Å². The second kappa shape index (κ2) is 2.37. The van der Waals surface area contributed by atoms with E-state index in [0.717, 1.165) is 6.20 Å². The largest absolute Gasteiger partial charge is 0.408 e. The average molecular weight is 155 g/mol. The van der Waals surface area contributed by atoms with Crippen LogP contribution in [-0.4, -0.2) is 14.9 Å². The first-order chi connectivity index (χ1) is 5.11. The van der Waals surface area contributed by atoms with Crippen LogP contribution in [0.15, 0.2) is 6.20 Å². The number of nitrogens with two attached hydrogens (primary N) is 2. The Morgan fingerprint density at radius 3 is 2.64 bits per heavy atom. The maximum atomic E-state index is 10.1. The van der Waals surface area contributed by atoms with Crippen molar-refractivity contribution in [3.63, 3.8) is 0 Å². The van der Waals surface area contributed by atoms with Crippen molar-refractivity contribution < 1.29 is 4.92 Å². The summed E-state index contributed by atoms with van der Waals surface area (Å²) in [5, 5.41) is 10.1. The zero-order valence-corrected chi connectivity index (χ0v) is 5.39. The quantitative estimate of drug-likeness (QED) is 0.418. The highest BCUT2D eigenvalue weighted by molar-refractivity contribution is 5.49. The van der Waals surface area contributed by atoms with Crippen molar-refractivity contribution in [2.45, 2.75) is 0 Å². The molecule has 1 aromatic heterocycles. The van der Waals surface area contributed by atoms with Gasteiger partial charge in [0.15, 0.2) is 0 Å². The van der Waals surface area contributed by atoms with E-state index in [1.165, 1.54) is 0 Å². The average Bonchev–Trinajstić information content (AvgIpc) is 1.94. The molecule has 7 nitrogen and oxygen atoms in total. The molecule has 0 fully saturated rings. The van der Waals surface area contributed by atoms with E-state index in [0.29, 0.717) is 0 Å². The van der Waals surface area contributed by atoms with E-state index in [1.54, 1.807) is 0 Å². The molecule has 0 saturated heterocycles. The Morgan fingerprint density at radius 1 is 1.55 bits per heavy atom. The maximum Gasteiger partial charge on any atom is 0.408 e. The highest BCUT2D eigenvalue weighted by Crippen LogP contribution is 2.14. The summed E-state index contributed by atoms with van der Waals surface area (Å²) in [5.74, 6) is -0.764. The van der Waals surface area contributed by atoms with Crippen molar-refractivity contribution in [2.24, 2.45) is 0 Å². The molecule has 0 spiro atoms. The van der Waals surface area contributed by atoms with Crippen LogP contribution in [0.3, 0.4) is 0 Å². The Balaban J connectivity index is 3.23. The summed E-state index contributed by atoms with van der Waals surface area (Å²) in [5.41, 5.74) is 10.3. The zero-order valence-electron chi connectivity index (χ0n) is 5.39. The van der Waals surface area contributed by atoms with Crippen LogP contribution < -0.4 is 11.5 Å². The van der Waals surface area contributed by atoms with E-state index in [9.17, 15) is 10.1 Å². The Kier molecular flexibility index (Phi) is 1.55. The van der Waals surface area contributed by atoms with Crippen LogP contribution in [0.2, 0.25) is 0 Å². The lowest BCUT2D eigenvalue weighted by Crippen LogP contribution is -2.03. The molecule has 0 aliphatic heterocycles. The fourth-order valence-corrected chi connectivity index (χ4v) is 0.536. The third kappa shape index (κ3) is 1.31. The summed E-state index contributed by atoms with van der Waals surface area (Å²) in [4.78, 5) is 16.2. The molecule has 7 heteroatoms. The molecule has 4 N–H and O–H groups in total. The minimum absolute atomic E-state index is 0.0223. The summed E-state index contributed by atoms with van der Waals surface area (Å²) in [6, 6.07) is 0. The molecule has 0 aromatic carbocycles. The van der Waals surface area contributed by atoms with Gasteiger partial charge in [0.05, 0.1) is 6.20 Å². The predicted molar refractivity (Wildman–Crippen MR) is 37.5 cm³/mol. The van der Waals surface area contributed by atoms with Gasteiger partial charge in [0.1, 0.15) is 0 Å². The number of nitrogen functional groups attached to an aromatic ring is 2. The summed E-state index contributed by atoms with van der Waals surface area (Å²) < 4.78 is 0. The number of nitro groups is 1. The van der Waals surface area contributed by atoms with Crippen LogP contribution in [0.1, 0.15) is 0 Å². The van der Waals surface area contributed by atoms with Crippen LogP contribution >= 0.6 is 0 Å². The first-order valence-corrected chi connectivity index (χ1v) is 2.63. The normalized spacial score (nSPS) is 9.45. The predicted octanol–water partition coefficient (Wildman–Crippen LogP) is -0.451. The molecule has 58 valence electrons. The second-order valence-corrected chi connectivity index (χ2v) is 1.76. The fourth-order valence-electron chi connectivity index (χ4n) is 0.536. The van der Waals surface area contributed by atoms with Gasteiger partial charge in [0.25, 0.3) is 5.82 Å². The summed E-state index contributed by atoms with van der Waals surface area (Å²) in [7, 11) is 0. The molecular formula is C4H5N5O2. The Hall–Kier alpha value is -1.92. The fraction of sp³-hybridized carbons (Fsp3) is 0. The van der Waals surface area contributed by atoms with E-state index in [1.807, 2.05) is 0 Å². The van der Waals surface area contributed by atoms with Crippen LogP contribution in [0.5, 0.6) is 0 Å². The van der Waals surface area contributed by atoms with Gasteiger partial charge in [0, 0.05) is 0 Å². The molecule has 0 saturated carbocycles. The van der Waals surface area contributed by atoms with Crippen molar-refractivity contribution in [3.8, 4) is 0 Å². The lowest BCUT2D eigenvalue weighted by atomic mass is 10.6. The van der Waals surface area contributed by atoms with Crippen LogP contribution in [0.4, 0.5) is 17.5 Å². The van der Waals surface area contributed by atoms with Gasteiger partial charge in [-0.25, -0.2) is 4.98 Å². The SMILES string of the molecule is Nc1cnc(N)c([N+](=O)[O-])n1. The number of aromatic nitrogens is 2. The number of hydrogen-bond acceptors (Lipinski definition) is 6. The molecule has 11 heavy (non-hydrogen) atoms. The topological polar surface area (TPSA) is 121 Å². The van der Waals surface area contributed by atoms with E-state index in [2.05, 4.69) is 9.97 Å². The smallest absolute Gasteiger partial charge is 0.377 e. The van der Waals surface area contributed by atoms with E-state index >= 15 is 0 Å². The Morgan fingerprint density at radius 2 is 2.18 bits per heavy atom. The van der Waals surface area contributed by atoms with Gasteiger partial charge in [-0.1, -0.05) is 0 Å². The summed E-state index contributed by atoms with van der Waals surface area (Å²) in [6.45, 7) is 0. The third-order valence-corrected chi connectivity index (χ3v) is 0.973. The molecule has 0 aliphatic rings. The molecule has 0 bridgehead atoms. The van der Waals surface area contributed by atoms with E-state index in [-0.39, 0.29) is 11.6 Å².